The highest BCUT2D eigenvalue weighted by atomic mass is 16.8. The van der Waals surface area contributed by atoms with Gasteiger partial charge in [-0.05, 0) is 0 Å². The Labute approximate surface area is 130 Å². The monoisotopic (exact) mass is 342 g/mol. The minimum Gasteiger partial charge on any atom is -0.394 e. The van der Waals surface area contributed by atoms with Crippen LogP contribution in [-0.2, 0) is 14.2 Å². The molecule has 136 valence electrons. The zero-order valence-corrected chi connectivity index (χ0v) is 12.0. The zero-order chi connectivity index (χ0) is 17.4. The first-order valence-corrected chi connectivity index (χ1v) is 7.04. The largest absolute Gasteiger partial charge is 0.394 e. The number of aliphatic hydroxyl groups is 8. The smallest absolute Gasteiger partial charge is 0.223 e. The standard InChI is InChI=1S/C12H22O11/c13-1-5-7(17)8(18)9(19)11(22-5)23-12(3-14)10(20)6(16)4(15)2-21-12/h4-11,13-20H,1-3H2/t4-,5-,6-,7+,8+,9-,10+,11?,12+/m1/s1. The van der Waals surface area contributed by atoms with Crippen molar-refractivity contribution in [3.05, 3.63) is 0 Å². The van der Waals surface area contributed by atoms with Gasteiger partial charge in [-0.25, -0.2) is 0 Å². The van der Waals surface area contributed by atoms with Gasteiger partial charge in [0.05, 0.1) is 13.2 Å². The maximum atomic E-state index is 10.00. The molecule has 0 amide bonds. The summed E-state index contributed by atoms with van der Waals surface area (Å²) in [6.45, 7) is -2.13. The van der Waals surface area contributed by atoms with Crippen LogP contribution in [0.1, 0.15) is 0 Å². The van der Waals surface area contributed by atoms with Crippen LogP contribution in [0.15, 0.2) is 0 Å². The molecular weight excluding hydrogens is 320 g/mol. The van der Waals surface area contributed by atoms with Gasteiger partial charge in [0.15, 0.2) is 6.29 Å². The molecule has 0 aromatic rings. The summed E-state index contributed by atoms with van der Waals surface area (Å²) in [6, 6.07) is 0. The minimum atomic E-state index is -2.23. The molecule has 23 heavy (non-hydrogen) atoms. The Morgan fingerprint density at radius 3 is 2.13 bits per heavy atom. The molecule has 0 bridgehead atoms. The number of hydrogen-bond acceptors (Lipinski definition) is 11. The number of hydrogen-bond donors (Lipinski definition) is 8. The van der Waals surface area contributed by atoms with Gasteiger partial charge in [-0.3, -0.25) is 0 Å². The summed E-state index contributed by atoms with van der Waals surface area (Å²) < 4.78 is 15.4. The van der Waals surface area contributed by atoms with Gasteiger partial charge in [-0.2, -0.15) is 0 Å². The molecule has 2 rings (SSSR count). The van der Waals surface area contributed by atoms with E-state index in [1.54, 1.807) is 0 Å². The van der Waals surface area contributed by atoms with Crippen LogP contribution < -0.4 is 0 Å². The van der Waals surface area contributed by atoms with E-state index in [9.17, 15) is 35.7 Å². The lowest BCUT2D eigenvalue weighted by Crippen LogP contribution is -2.68. The molecule has 2 aliphatic heterocycles. The topological polar surface area (TPSA) is 190 Å². The third kappa shape index (κ3) is 3.36. The molecule has 0 aromatic heterocycles. The van der Waals surface area contributed by atoms with E-state index in [0.29, 0.717) is 0 Å². The highest BCUT2D eigenvalue weighted by molar-refractivity contribution is 4.95. The maximum absolute atomic E-state index is 10.00. The molecule has 0 aromatic carbocycles. The van der Waals surface area contributed by atoms with Gasteiger partial charge in [0, 0.05) is 0 Å². The molecule has 0 saturated carbocycles. The Bertz CT molecular complexity index is 393. The van der Waals surface area contributed by atoms with Gasteiger partial charge in [0.1, 0.15) is 49.3 Å². The van der Waals surface area contributed by atoms with E-state index in [1.807, 2.05) is 0 Å². The predicted octanol–water partition coefficient (Wildman–Crippen LogP) is -5.40. The predicted molar refractivity (Wildman–Crippen MR) is 68.6 cm³/mol. The zero-order valence-electron chi connectivity index (χ0n) is 12.0. The Morgan fingerprint density at radius 1 is 0.913 bits per heavy atom. The molecule has 0 spiro atoms. The van der Waals surface area contributed by atoms with E-state index in [0.717, 1.165) is 0 Å². The van der Waals surface area contributed by atoms with Crippen LogP contribution in [0.25, 0.3) is 0 Å². The fourth-order valence-electron chi connectivity index (χ4n) is 2.52. The van der Waals surface area contributed by atoms with Crippen molar-refractivity contribution in [1.82, 2.24) is 0 Å². The van der Waals surface area contributed by atoms with Gasteiger partial charge in [-0.15, -0.1) is 0 Å². The van der Waals surface area contributed by atoms with Gasteiger partial charge in [0.25, 0.3) is 0 Å². The van der Waals surface area contributed by atoms with Crippen molar-refractivity contribution in [3.63, 3.8) is 0 Å². The van der Waals surface area contributed by atoms with Crippen LogP contribution in [0.2, 0.25) is 0 Å². The second-order valence-electron chi connectivity index (χ2n) is 5.60. The average molecular weight is 342 g/mol. The van der Waals surface area contributed by atoms with Gasteiger partial charge in [-0.1, -0.05) is 0 Å². The summed E-state index contributed by atoms with van der Waals surface area (Å²) in [6.07, 6.45) is -13.0. The lowest BCUT2D eigenvalue weighted by atomic mass is 9.96. The normalized spacial score (nSPS) is 51.7. The maximum Gasteiger partial charge on any atom is 0.223 e. The summed E-state index contributed by atoms with van der Waals surface area (Å²) in [5, 5.41) is 77.0. The highest BCUT2D eigenvalue weighted by Crippen LogP contribution is 2.32. The van der Waals surface area contributed by atoms with Crippen LogP contribution in [0.4, 0.5) is 0 Å². The van der Waals surface area contributed by atoms with Crippen LogP contribution >= 0.6 is 0 Å². The number of aliphatic hydroxyl groups excluding tert-OH is 8. The average Bonchev–Trinajstić information content (AvgIpc) is 2.56. The van der Waals surface area contributed by atoms with Crippen LogP contribution in [0.5, 0.6) is 0 Å². The summed E-state index contributed by atoms with van der Waals surface area (Å²) >= 11 is 0. The van der Waals surface area contributed by atoms with E-state index >= 15 is 0 Å². The highest BCUT2D eigenvalue weighted by Gasteiger charge is 2.55. The first-order chi connectivity index (χ1) is 10.8. The lowest BCUT2D eigenvalue weighted by Gasteiger charge is -2.48. The molecule has 9 atom stereocenters. The van der Waals surface area contributed by atoms with Crippen molar-refractivity contribution >= 4 is 0 Å². The van der Waals surface area contributed by atoms with E-state index < -0.39 is 74.6 Å². The van der Waals surface area contributed by atoms with Crippen LogP contribution in [-0.4, -0.2) is 115 Å². The fourth-order valence-corrected chi connectivity index (χ4v) is 2.52. The van der Waals surface area contributed by atoms with Crippen molar-refractivity contribution in [2.24, 2.45) is 0 Å². The second kappa shape index (κ2) is 7.21. The van der Waals surface area contributed by atoms with Crippen molar-refractivity contribution in [2.75, 3.05) is 19.8 Å². The molecule has 8 N–H and O–H groups in total. The summed E-state index contributed by atoms with van der Waals surface area (Å²) in [7, 11) is 0. The third-order valence-corrected chi connectivity index (χ3v) is 4.05. The number of rotatable bonds is 4. The first-order valence-electron chi connectivity index (χ1n) is 7.04. The SMILES string of the molecule is OC[C@H]1OC(O[C@]2(CO)OC[C@@H](O)[C@@H](O)[C@@H]2O)[C@H](O)[C@@H](O)[C@H]1O. The summed E-state index contributed by atoms with van der Waals surface area (Å²) in [5.41, 5.74) is 0. The van der Waals surface area contributed by atoms with Gasteiger partial charge < -0.3 is 55.1 Å². The molecule has 11 nitrogen and oxygen atoms in total. The Kier molecular flexibility index (Phi) is 5.92. The van der Waals surface area contributed by atoms with Crippen molar-refractivity contribution in [3.8, 4) is 0 Å². The molecular formula is C12H22O11. The Balaban J connectivity index is 2.17. The van der Waals surface area contributed by atoms with Crippen molar-refractivity contribution < 1.29 is 55.1 Å². The van der Waals surface area contributed by atoms with Crippen molar-refractivity contribution in [2.45, 2.75) is 54.8 Å². The third-order valence-electron chi connectivity index (χ3n) is 4.05. The second-order valence-corrected chi connectivity index (χ2v) is 5.60. The van der Waals surface area contributed by atoms with Gasteiger partial charge >= 0.3 is 0 Å². The molecule has 0 aliphatic carbocycles. The number of ether oxygens (including phenoxy) is 3. The Morgan fingerprint density at radius 2 is 1.57 bits per heavy atom. The molecule has 2 aliphatic rings. The molecule has 2 fully saturated rings. The minimum absolute atomic E-state index is 0.476. The van der Waals surface area contributed by atoms with E-state index in [1.165, 1.54) is 0 Å². The summed E-state index contributed by atoms with van der Waals surface area (Å²) in [4.78, 5) is 0. The molecule has 1 unspecified atom stereocenters. The first kappa shape index (κ1) is 18.9. The summed E-state index contributed by atoms with van der Waals surface area (Å²) in [5.74, 6) is -2.23. The van der Waals surface area contributed by atoms with Crippen LogP contribution in [0, 0.1) is 0 Å². The van der Waals surface area contributed by atoms with E-state index in [2.05, 4.69) is 0 Å². The molecule has 2 heterocycles. The molecule has 2 saturated heterocycles. The molecule has 0 radical (unpaired) electrons. The van der Waals surface area contributed by atoms with Crippen LogP contribution in [0.3, 0.4) is 0 Å². The van der Waals surface area contributed by atoms with E-state index in [-0.39, 0.29) is 0 Å². The van der Waals surface area contributed by atoms with Gasteiger partial charge in [0.2, 0.25) is 5.79 Å². The molecule has 11 heteroatoms. The quantitative estimate of drug-likeness (QED) is 0.243. The van der Waals surface area contributed by atoms with E-state index in [4.69, 9.17) is 19.3 Å². The fraction of sp³-hybridized carbons (Fsp3) is 1.00. The Hall–Kier alpha value is -0.440. The van der Waals surface area contributed by atoms with Crippen molar-refractivity contribution in [1.29, 1.82) is 0 Å². The lowest BCUT2D eigenvalue weighted by molar-refractivity contribution is -0.415.